The number of hydrogen-bond donors (Lipinski definition) is 2. The first-order valence-corrected chi connectivity index (χ1v) is 10.3. The molecule has 2 aromatic rings. The van der Waals surface area contributed by atoms with Crippen LogP contribution in [0.15, 0.2) is 4.79 Å². The van der Waals surface area contributed by atoms with Crippen molar-refractivity contribution in [3.05, 3.63) is 26.6 Å². The quantitative estimate of drug-likeness (QED) is 0.737. The average Bonchev–Trinajstić information content (AvgIpc) is 2.98. The summed E-state index contributed by atoms with van der Waals surface area (Å²) < 4.78 is 5.30. The molecule has 0 aromatic carbocycles. The van der Waals surface area contributed by atoms with E-state index in [2.05, 4.69) is 23.7 Å². The molecule has 0 amide bonds. The van der Waals surface area contributed by atoms with E-state index >= 15 is 0 Å². The molecule has 0 saturated carbocycles. The highest BCUT2D eigenvalue weighted by Crippen LogP contribution is 2.33. The summed E-state index contributed by atoms with van der Waals surface area (Å²) in [6.07, 6.45) is 3.85. The summed E-state index contributed by atoms with van der Waals surface area (Å²) in [7, 11) is 0. The minimum Gasteiger partial charge on any atom is -0.389 e. The molecule has 0 radical (unpaired) electrons. The number of hydrogen-bond acceptors (Lipinski definition) is 6. The molecule has 1 aliphatic rings. The number of nitrogens with one attached hydrogen (secondary N) is 1. The third kappa shape index (κ3) is 4.34. The predicted octanol–water partition coefficient (Wildman–Crippen LogP) is 2.47. The molecule has 0 spiro atoms. The summed E-state index contributed by atoms with van der Waals surface area (Å²) in [5, 5.41) is 11.0. The number of aromatic nitrogens is 2. The van der Waals surface area contributed by atoms with Crippen molar-refractivity contribution in [2.24, 2.45) is 0 Å². The number of aliphatic hydroxyl groups excluding tert-OH is 1. The average molecular weight is 380 g/mol. The Kier molecular flexibility index (Phi) is 6.45. The van der Waals surface area contributed by atoms with Crippen LogP contribution >= 0.6 is 11.3 Å². The zero-order valence-electron chi connectivity index (χ0n) is 15.9. The molecule has 0 bridgehead atoms. The number of thiophene rings is 1. The van der Waals surface area contributed by atoms with E-state index in [0.29, 0.717) is 32.1 Å². The lowest BCUT2D eigenvalue weighted by Gasteiger charge is -2.28. The van der Waals surface area contributed by atoms with Gasteiger partial charge >= 0.3 is 0 Å². The smallest absolute Gasteiger partial charge is 0.259 e. The summed E-state index contributed by atoms with van der Waals surface area (Å²) in [6, 6.07) is 0.226. The number of aryl methyl sites for hydroxylation is 2. The van der Waals surface area contributed by atoms with Crippen LogP contribution in [-0.2, 0) is 24.1 Å². The van der Waals surface area contributed by atoms with E-state index in [1.165, 1.54) is 16.9 Å². The first-order valence-electron chi connectivity index (χ1n) is 9.52. The Morgan fingerprint density at radius 1 is 1.35 bits per heavy atom. The van der Waals surface area contributed by atoms with Crippen LogP contribution in [0.25, 0.3) is 10.2 Å². The van der Waals surface area contributed by atoms with Crippen molar-refractivity contribution < 1.29 is 9.84 Å². The Morgan fingerprint density at radius 3 is 2.85 bits per heavy atom. The van der Waals surface area contributed by atoms with Crippen molar-refractivity contribution in [3.63, 3.8) is 0 Å². The summed E-state index contributed by atoms with van der Waals surface area (Å²) in [5.41, 5.74) is 1.19. The van der Waals surface area contributed by atoms with Crippen LogP contribution in [0.1, 0.15) is 49.9 Å². The van der Waals surface area contributed by atoms with Crippen molar-refractivity contribution in [1.29, 1.82) is 0 Å². The zero-order chi connectivity index (χ0) is 18.7. The fourth-order valence-electron chi connectivity index (χ4n) is 3.51. The summed E-state index contributed by atoms with van der Waals surface area (Å²) in [4.78, 5) is 24.7. The molecule has 2 aromatic heterocycles. The molecular formula is C19H29N3O3S. The third-order valence-electron chi connectivity index (χ3n) is 4.92. The van der Waals surface area contributed by atoms with Gasteiger partial charge in [0, 0.05) is 24.1 Å². The molecule has 0 unspecified atom stereocenters. The molecule has 6 nitrogen and oxygen atoms in total. The molecular weight excluding hydrogens is 350 g/mol. The highest BCUT2D eigenvalue weighted by Gasteiger charge is 2.21. The van der Waals surface area contributed by atoms with E-state index in [0.717, 1.165) is 29.5 Å². The lowest BCUT2D eigenvalue weighted by molar-refractivity contribution is 0.0127. The van der Waals surface area contributed by atoms with Gasteiger partial charge in [-0.25, -0.2) is 4.98 Å². The summed E-state index contributed by atoms with van der Waals surface area (Å²) >= 11 is 1.67. The number of aromatic amines is 1. The standard InChI is InChI=1S/C19H29N3O3S/c1-4-25-11-13(23)9-22(12(2)3)10-16-20-18(24)17-14-7-5-6-8-15(14)26-19(17)21-16/h12-13,23H,4-11H2,1-3H3,(H,20,21,24)/t13-/m0/s1. The molecule has 1 aliphatic carbocycles. The first-order chi connectivity index (χ1) is 12.5. The van der Waals surface area contributed by atoms with Gasteiger partial charge in [0.15, 0.2) is 0 Å². The number of fused-ring (bicyclic) bond motifs is 3. The van der Waals surface area contributed by atoms with E-state index in [-0.39, 0.29) is 11.6 Å². The second-order valence-corrected chi connectivity index (χ2v) is 8.32. The second-order valence-electron chi connectivity index (χ2n) is 7.24. The van der Waals surface area contributed by atoms with Gasteiger partial charge in [-0.15, -0.1) is 11.3 Å². The number of aliphatic hydroxyl groups is 1. The monoisotopic (exact) mass is 379 g/mol. The summed E-state index contributed by atoms with van der Waals surface area (Å²) in [5.74, 6) is 0.665. The van der Waals surface area contributed by atoms with Gasteiger partial charge in [-0.2, -0.15) is 0 Å². The van der Waals surface area contributed by atoms with Gasteiger partial charge in [0.05, 0.1) is 24.6 Å². The maximum atomic E-state index is 12.7. The van der Waals surface area contributed by atoms with Crippen LogP contribution < -0.4 is 5.56 Å². The van der Waals surface area contributed by atoms with Crippen LogP contribution in [0.2, 0.25) is 0 Å². The third-order valence-corrected chi connectivity index (χ3v) is 6.10. The topological polar surface area (TPSA) is 78.5 Å². The Morgan fingerprint density at radius 2 is 2.12 bits per heavy atom. The van der Waals surface area contributed by atoms with Crippen molar-refractivity contribution in [1.82, 2.24) is 14.9 Å². The highest BCUT2D eigenvalue weighted by molar-refractivity contribution is 7.18. The molecule has 0 saturated heterocycles. The van der Waals surface area contributed by atoms with E-state index in [1.54, 1.807) is 11.3 Å². The van der Waals surface area contributed by atoms with E-state index in [9.17, 15) is 9.90 Å². The van der Waals surface area contributed by atoms with Gasteiger partial charge < -0.3 is 14.8 Å². The molecule has 7 heteroatoms. The van der Waals surface area contributed by atoms with Crippen LogP contribution in [0.3, 0.4) is 0 Å². The number of nitrogens with zero attached hydrogens (tertiary/aromatic N) is 2. The van der Waals surface area contributed by atoms with Gasteiger partial charge in [-0.1, -0.05) is 0 Å². The number of H-pyrrole nitrogens is 1. The molecule has 0 fully saturated rings. The van der Waals surface area contributed by atoms with E-state index in [4.69, 9.17) is 9.72 Å². The Balaban J connectivity index is 1.81. The van der Waals surface area contributed by atoms with E-state index in [1.807, 2.05) is 6.92 Å². The largest absolute Gasteiger partial charge is 0.389 e. The van der Waals surface area contributed by atoms with Crippen LogP contribution in [-0.4, -0.2) is 51.9 Å². The number of ether oxygens (including phenoxy) is 1. The molecule has 3 rings (SSSR count). The Hall–Kier alpha value is -1.28. The molecule has 0 aliphatic heterocycles. The molecule has 2 N–H and O–H groups in total. The molecule has 2 heterocycles. The minimum absolute atomic E-state index is 0.0250. The summed E-state index contributed by atoms with van der Waals surface area (Å²) in [6.45, 7) is 7.97. The molecule has 1 atom stereocenters. The minimum atomic E-state index is -0.554. The second kappa shape index (κ2) is 8.61. The maximum Gasteiger partial charge on any atom is 0.259 e. The van der Waals surface area contributed by atoms with Crippen molar-refractivity contribution >= 4 is 21.6 Å². The lowest BCUT2D eigenvalue weighted by atomic mass is 9.97. The fraction of sp³-hybridized carbons (Fsp3) is 0.684. The fourth-order valence-corrected chi connectivity index (χ4v) is 4.79. The maximum absolute atomic E-state index is 12.7. The lowest BCUT2D eigenvalue weighted by Crippen LogP contribution is -2.39. The van der Waals surface area contributed by atoms with Crippen LogP contribution in [0, 0.1) is 0 Å². The van der Waals surface area contributed by atoms with Crippen LogP contribution in [0.5, 0.6) is 0 Å². The highest BCUT2D eigenvalue weighted by atomic mass is 32.1. The predicted molar refractivity (Wildman–Crippen MR) is 105 cm³/mol. The SMILES string of the molecule is CCOC[C@@H](O)CN(Cc1nc2sc3c(c2c(=O)[nH]1)CCCC3)C(C)C. The van der Waals surface area contributed by atoms with Crippen molar-refractivity contribution in [3.8, 4) is 0 Å². The van der Waals surface area contributed by atoms with Gasteiger partial charge in [-0.3, -0.25) is 9.69 Å². The Labute approximate surface area is 158 Å². The van der Waals surface area contributed by atoms with Gasteiger partial charge in [-0.05, 0) is 52.0 Å². The van der Waals surface area contributed by atoms with Crippen molar-refractivity contribution in [2.45, 2.75) is 65.1 Å². The normalized spacial score (nSPS) is 15.8. The van der Waals surface area contributed by atoms with Gasteiger partial charge in [0.2, 0.25) is 0 Å². The number of rotatable bonds is 8. The zero-order valence-corrected chi connectivity index (χ0v) is 16.7. The Bertz CT molecular complexity index is 799. The molecule has 26 heavy (non-hydrogen) atoms. The van der Waals surface area contributed by atoms with E-state index < -0.39 is 6.10 Å². The molecule has 144 valence electrons. The van der Waals surface area contributed by atoms with Crippen molar-refractivity contribution in [2.75, 3.05) is 19.8 Å². The first kappa shape index (κ1) is 19.5. The van der Waals surface area contributed by atoms with Crippen LogP contribution in [0.4, 0.5) is 0 Å². The van der Waals surface area contributed by atoms with Gasteiger partial charge in [0.25, 0.3) is 5.56 Å². The van der Waals surface area contributed by atoms with Gasteiger partial charge in [0.1, 0.15) is 10.7 Å².